The normalized spacial score (nSPS) is 16.9. The van der Waals surface area contributed by atoms with Crippen LogP contribution in [0.15, 0.2) is 30.3 Å². The van der Waals surface area contributed by atoms with E-state index in [0.29, 0.717) is 11.7 Å². The molecule has 1 aliphatic rings. The van der Waals surface area contributed by atoms with Crippen molar-refractivity contribution in [3.8, 4) is 0 Å². The minimum atomic E-state index is 0.255. The summed E-state index contributed by atoms with van der Waals surface area (Å²) in [4.78, 5) is 11.8. The summed E-state index contributed by atoms with van der Waals surface area (Å²) >= 11 is 1.92. The highest BCUT2D eigenvalue weighted by Crippen LogP contribution is 2.23. The van der Waals surface area contributed by atoms with Gasteiger partial charge in [-0.15, -0.1) is 0 Å². The summed E-state index contributed by atoms with van der Waals surface area (Å²) in [7, 11) is 0. The van der Waals surface area contributed by atoms with Crippen molar-refractivity contribution in [2.75, 3.05) is 19.0 Å². The fourth-order valence-corrected chi connectivity index (χ4v) is 3.09. The maximum Gasteiger partial charge on any atom is 0.163 e. The first-order chi connectivity index (χ1) is 8.36. The Kier molecular flexibility index (Phi) is 5.08. The topological polar surface area (TPSA) is 26.3 Å². The molecule has 1 aromatic carbocycles. The summed E-state index contributed by atoms with van der Waals surface area (Å²) < 4.78 is 5.32. The molecule has 2 rings (SSSR count). The van der Waals surface area contributed by atoms with Crippen molar-refractivity contribution in [1.29, 1.82) is 0 Å². The molecule has 1 heterocycles. The largest absolute Gasteiger partial charge is 0.381 e. The third-order valence-electron chi connectivity index (χ3n) is 2.95. The van der Waals surface area contributed by atoms with E-state index >= 15 is 0 Å². The molecule has 1 saturated heterocycles. The Morgan fingerprint density at radius 3 is 2.65 bits per heavy atom. The van der Waals surface area contributed by atoms with E-state index in [4.69, 9.17) is 4.74 Å². The van der Waals surface area contributed by atoms with Gasteiger partial charge in [-0.05, 0) is 12.8 Å². The predicted molar refractivity (Wildman–Crippen MR) is 71.7 cm³/mol. The van der Waals surface area contributed by atoms with Gasteiger partial charge in [0, 0.05) is 36.2 Å². The molecule has 92 valence electrons. The first-order valence-electron chi connectivity index (χ1n) is 6.14. The molecule has 0 aromatic heterocycles. The highest BCUT2D eigenvalue weighted by atomic mass is 32.2. The zero-order chi connectivity index (χ0) is 11.9. The summed E-state index contributed by atoms with van der Waals surface area (Å²) in [6.07, 6.45) is 2.90. The van der Waals surface area contributed by atoms with Gasteiger partial charge in [-0.2, -0.15) is 11.8 Å². The number of hydrogen-bond acceptors (Lipinski definition) is 3. The van der Waals surface area contributed by atoms with Gasteiger partial charge in [0.15, 0.2) is 5.78 Å². The average Bonchev–Trinajstić information content (AvgIpc) is 2.41. The molecule has 0 unspecified atom stereocenters. The molecule has 0 aliphatic carbocycles. The SMILES string of the molecule is O=C(CCSC1CCOCC1)c1ccccc1. The molecule has 2 nitrogen and oxygen atoms in total. The summed E-state index contributed by atoms with van der Waals surface area (Å²) in [5.41, 5.74) is 0.833. The highest BCUT2D eigenvalue weighted by molar-refractivity contribution is 7.99. The standard InChI is InChI=1S/C14H18O2S/c15-14(12-4-2-1-3-5-12)8-11-17-13-6-9-16-10-7-13/h1-5,13H,6-11H2. The number of ether oxygens (including phenoxy) is 1. The molecular formula is C14H18O2S. The number of thioether (sulfide) groups is 1. The van der Waals surface area contributed by atoms with E-state index < -0.39 is 0 Å². The van der Waals surface area contributed by atoms with E-state index in [1.54, 1.807) is 0 Å². The molecule has 1 aromatic rings. The third kappa shape index (κ3) is 4.17. The Morgan fingerprint density at radius 1 is 1.24 bits per heavy atom. The molecule has 17 heavy (non-hydrogen) atoms. The van der Waals surface area contributed by atoms with Crippen LogP contribution in [-0.2, 0) is 4.74 Å². The molecule has 0 N–H and O–H groups in total. The Labute approximate surface area is 107 Å². The predicted octanol–water partition coefficient (Wildman–Crippen LogP) is 3.17. The van der Waals surface area contributed by atoms with Gasteiger partial charge in [-0.1, -0.05) is 30.3 Å². The van der Waals surface area contributed by atoms with Crippen LogP contribution in [0.4, 0.5) is 0 Å². The van der Waals surface area contributed by atoms with Crippen LogP contribution in [-0.4, -0.2) is 30.0 Å². The molecule has 0 bridgehead atoms. The van der Waals surface area contributed by atoms with Crippen molar-refractivity contribution < 1.29 is 9.53 Å². The highest BCUT2D eigenvalue weighted by Gasteiger charge is 2.14. The van der Waals surface area contributed by atoms with Crippen molar-refractivity contribution in [3.05, 3.63) is 35.9 Å². The fourth-order valence-electron chi connectivity index (χ4n) is 1.93. The molecule has 0 spiro atoms. The van der Waals surface area contributed by atoms with Gasteiger partial charge in [0.05, 0.1) is 0 Å². The first kappa shape index (κ1) is 12.7. The van der Waals surface area contributed by atoms with E-state index in [1.165, 1.54) is 0 Å². The van der Waals surface area contributed by atoms with Crippen molar-refractivity contribution in [1.82, 2.24) is 0 Å². The van der Waals surface area contributed by atoms with Crippen LogP contribution in [0.3, 0.4) is 0 Å². The number of hydrogen-bond donors (Lipinski definition) is 0. The van der Waals surface area contributed by atoms with Crippen molar-refractivity contribution in [2.24, 2.45) is 0 Å². The average molecular weight is 250 g/mol. The van der Waals surface area contributed by atoms with E-state index in [0.717, 1.165) is 37.4 Å². The van der Waals surface area contributed by atoms with Crippen LogP contribution < -0.4 is 0 Å². The van der Waals surface area contributed by atoms with Crippen LogP contribution in [0, 0.1) is 0 Å². The van der Waals surface area contributed by atoms with Gasteiger partial charge in [0.2, 0.25) is 0 Å². The Morgan fingerprint density at radius 2 is 1.94 bits per heavy atom. The van der Waals surface area contributed by atoms with Crippen LogP contribution in [0.5, 0.6) is 0 Å². The lowest BCUT2D eigenvalue weighted by Gasteiger charge is -2.21. The first-order valence-corrected chi connectivity index (χ1v) is 7.19. The summed E-state index contributed by atoms with van der Waals surface area (Å²) in [6, 6.07) is 9.55. The molecule has 3 heteroatoms. The van der Waals surface area contributed by atoms with Gasteiger partial charge in [0.25, 0.3) is 0 Å². The number of rotatable bonds is 5. The van der Waals surface area contributed by atoms with Crippen LogP contribution >= 0.6 is 11.8 Å². The number of carbonyl (C=O) groups is 1. The van der Waals surface area contributed by atoms with Crippen LogP contribution in [0.1, 0.15) is 29.6 Å². The van der Waals surface area contributed by atoms with E-state index in [9.17, 15) is 4.79 Å². The monoisotopic (exact) mass is 250 g/mol. The maximum atomic E-state index is 11.8. The molecule has 0 saturated carbocycles. The second-order valence-corrected chi connectivity index (χ2v) is 5.63. The lowest BCUT2D eigenvalue weighted by Crippen LogP contribution is -2.18. The maximum absolute atomic E-state index is 11.8. The zero-order valence-corrected chi connectivity index (χ0v) is 10.7. The van der Waals surface area contributed by atoms with E-state index in [2.05, 4.69) is 0 Å². The van der Waals surface area contributed by atoms with Gasteiger partial charge in [-0.3, -0.25) is 4.79 Å². The molecule has 1 aliphatic heterocycles. The lowest BCUT2D eigenvalue weighted by molar-refractivity contribution is 0.0987. The van der Waals surface area contributed by atoms with Crippen molar-refractivity contribution in [2.45, 2.75) is 24.5 Å². The molecular weight excluding hydrogens is 232 g/mol. The van der Waals surface area contributed by atoms with Gasteiger partial charge < -0.3 is 4.74 Å². The van der Waals surface area contributed by atoms with Crippen molar-refractivity contribution in [3.63, 3.8) is 0 Å². The number of carbonyl (C=O) groups excluding carboxylic acids is 1. The van der Waals surface area contributed by atoms with Crippen LogP contribution in [0.25, 0.3) is 0 Å². The summed E-state index contributed by atoms with van der Waals surface area (Å²) in [5, 5.41) is 0.687. The van der Waals surface area contributed by atoms with E-state index in [1.807, 2.05) is 42.1 Å². The molecule has 0 amide bonds. The van der Waals surface area contributed by atoms with Gasteiger partial charge in [-0.25, -0.2) is 0 Å². The van der Waals surface area contributed by atoms with Gasteiger partial charge >= 0.3 is 0 Å². The number of ketones is 1. The third-order valence-corrected chi connectivity index (χ3v) is 4.33. The quantitative estimate of drug-likeness (QED) is 0.751. The second-order valence-electron chi connectivity index (χ2n) is 4.22. The Bertz CT molecular complexity index is 344. The number of benzene rings is 1. The van der Waals surface area contributed by atoms with Crippen LogP contribution in [0.2, 0.25) is 0 Å². The second kappa shape index (κ2) is 6.82. The molecule has 0 atom stereocenters. The molecule has 1 fully saturated rings. The zero-order valence-electron chi connectivity index (χ0n) is 9.93. The fraction of sp³-hybridized carbons (Fsp3) is 0.500. The Balaban J connectivity index is 1.69. The lowest BCUT2D eigenvalue weighted by atomic mass is 10.1. The smallest absolute Gasteiger partial charge is 0.163 e. The summed E-state index contributed by atoms with van der Waals surface area (Å²) in [6.45, 7) is 1.76. The van der Waals surface area contributed by atoms with Crippen molar-refractivity contribution >= 4 is 17.5 Å². The summed E-state index contributed by atoms with van der Waals surface area (Å²) in [5.74, 6) is 1.18. The Hall–Kier alpha value is -0.800. The van der Waals surface area contributed by atoms with Gasteiger partial charge in [0.1, 0.15) is 0 Å². The molecule has 0 radical (unpaired) electrons. The minimum Gasteiger partial charge on any atom is -0.381 e. The minimum absolute atomic E-state index is 0.255. The van der Waals surface area contributed by atoms with E-state index in [-0.39, 0.29) is 5.78 Å². The number of Topliss-reactive ketones (excluding diaryl/α,β-unsaturated/α-hetero) is 1.